The molecule has 1 aromatic heterocycles. The number of hydrogen-bond donors (Lipinski definition) is 0. The first-order chi connectivity index (χ1) is 4.34. The summed E-state index contributed by atoms with van der Waals surface area (Å²) in [5.41, 5.74) is 1.69. The second kappa shape index (κ2) is 2.31. The van der Waals surface area contributed by atoms with E-state index in [1.54, 1.807) is 0 Å². The Hall–Kier alpha value is -1.30. The van der Waals surface area contributed by atoms with Gasteiger partial charge in [0.25, 0.3) is 0 Å². The zero-order valence-electron chi connectivity index (χ0n) is 5.09. The fraction of sp³-hybridized carbons (Fsp3) is 0.333. The third kappa shape index (κ3) is 1.08. The molecule has 0 N–H and O–H groups in total. The van der Waals surface area contributed by atoms with Crippen molar-refractivity contribution >= 4 is 0 Å². The monoisotopic (exact) mass is 122 g/mol. The Morgan fingerprint density at radius 1 is 1.89 bits per heavy atom. The van der Waals surface area contributed by atoms with Crippen LogP contribution in [0.2, 0.25) is 0 Å². The highest BCUT2D eigenvalue weighted by molar-refractivity contribution is 5.13. The molecule has 9 heavy (non-hydrogen) atoms. The van der Waals surface area contributed by atoms with Crippen molar-refractivity contribution in [3.8, 4) is 0 Å². The van der Waals surface area contributed by atoms with Crippen LogP contribution < -0.4 is 0 Å². The predicted octanol–water partition coefficient (Wildman–Crippen LogP) is 1.40. The Morgan fingerprint density at radius 3 is 3.11 bits per heavy atom. The molecule has 3 heteroatoms. The summed E-state index contributed by atoms with van der Waals surface area (Å²) in [7, 11) is 0. The molecule has 0 saturated carbocycles. The van der Waals surface area contributed by atoms with Crippen LogP contribution in [0, 0.1) is 13.5 Å². The number of nitrogens with zero attached hydrogens (tertiary/aromatic N) is 2. The fourth-order valence-corrected chi connectivity index (χ4v) is 0.550. The number of aromatic nitrogens is 1. The molecular formula is C6H6N2O. The van der Waals surface area contributed by atoms with E-state index in [9.17, 15) is 0 Å². The molecule has 3 nitrogen and oxygen atoms in total. The summed E-state index contributed by atoms with van der Waals surface area (Å²) in [6.07, 6.45) is 1.51. The molecule has 1 heterocycles. The van der Waals surface area contributed by atoms with Gasteiger partial charge >= 0.3 is 0 Å². The maximum atomic E-state index is 6.53. The lowest BCUT2D eigenvalue weighted by Crippen LogP contribution is -1.78. The van der Waals surface area contributed by atoms with Gasteiger partial charge in [0.1, 0.15) is 6.26 Å². The molecule has 0 aromatic carbocycles. The smallest absolute Gasteiger partial charge is 0.244 e. The quantitative estimate of drug-likeness (QED) is 0.527. The van der Waals surface area contributed by atoms with E-state index in [-0.39, 0.29) is 0 Å². The van der Waals surface area contributed by atoms with E-state index in [4.69, 9.17) is 6.57 Å². The Labute approximate surface area is 53.1 Å². The molecule has 0 amide bonds. The Kier molecular flexibility index (Phi) is 1.50. The molecule has 1 rings (SSSR count). The minimum absolute atomic E-state index is 0.370. The van der Waals surface area contributed by atoms with Gasteiger partial charge in [-0.15, -0.1) is 0 Å². The predicted molar refractivity (Wildman–Crippen MR) is 31.5 cm³/mol. The summed E-state index contributed by atoms with van der Waals surface area (Å²) < 4.78 is 4.60. The molecule has 0 aliphatic rings. The van der Waals surface area contributed by atoms with E-state index in [1.807, 2.05) is 6.92 Å². The summed E-state index contributed by atoms with van der Waals surface area (Å²) in [4.78, 5) is 3.19. The van der Waals surface area contributed by atoms with E-state index in [2.05, 4.69) is 14.5 Å². The minimum atomic E-state index is 0.370. The molecule has 0 fully saturated rings. The average Bonchev–Trinajstić information content (AvgIpc) is 2.18. The van der Waals surface area contributed by atoms with Gasteiger partial charge in [-0.1, -0.05) is 5.16 Å². The lowest BCUT2D eigenvalue weighted by atomic mass is 10.3. The zero-order chi connectivity index (χ0) is 6.69. The van der Waals surface area contributed by atoms with Crippen molar-refractivity contribution in [3.63, 3.8) is 0 Å². The third-order valence-corrected chi connectivity index (χ3v) is 1.10. The maximum Gasteiger partial charge on any atom is 0.244 e. The van der Waals surface area contributed by atoms with Gasteiger partial charge < -0.3 is 9.37 Å². The second-order valence-corrected chi connectivity index (χ2v) is 1.74. The largest absolute Gasteiger partial charge is 0.364 e. The summed E-state index contributed by atoms with van der Waals surface area (Å²) >= 11 is 0. The van der Waals surface area contributed by atoms with Crippen LogP contribution in [0.1, 0.15) is 11.3 Å². The standard InChI is InChI=1S/C6H6N2O/c1-5-6(3-7-2)4-9-8-5/h4H,3H2,1H3. The highest BCUT2D eigenvalue weighted by atomic mass is 16.5. The highest BCUT2D eigenvalue weighted by Gasteiger charge is 2.02. The number of aryl methyl sites for hydroxylation is 1. The zero-order valence-corrected chi connectivity index (χ0v) is 5.09. The van der Waals surface area contributed by atoms with Crippen LogP contribution >= 0.6 is 0 Å². The van der Waals surface area contributed by atoms with Crippen LogP contribution in [0.4, 0.5) is 0 Å². The van der Waals surface area contributed by atoms with Crippen molar-refractivity contribution in [1.82, 2.24) is 5.16 Å². The molecule has 0 atom stereocenters. The van der Waals surface area contributed by atoms with Crippen LogP contribution in [0.5, 0.6) is 0 Å². The van der Waals surface area contributed by atoms with Crippen molar-refractivity contribution in [1.29, 1.82) is 0 Å². The first-order valence-corrected chi connectivity index (χ1v) is 2.57. The van der Waals surface area contributed by atoms with E-state index in [0.29, 0.717) is 6.54 Å². The molecule has 0 bridgehead atoms. The van der Waals surface area contributed by atoms with Gasteiger partial charge in [-0.25, -0.2) is 6.57 Å². The van der Waals surface area contributed by atoms with Crippen LogP contribution in [0.3, 0.4) is 0 Å². The lowest BCUT2D eigenvalue weighted by Gasteiger charge is -1.79. The van der Waals surface area contributed by atoms with Crippen LogP contribution in [-0.4, -0.2) is 5.16 Å². The molecule has 0 saturated heterocycles. The minimum Gasteiger partial charge on any atom is -0.364 e. The SMILES string of the molecule is [C-]#[N+]Cc1conc1C. The van der Waals surface area contributed by atoms with E-state index in [0.717, 1.165) is 11.3 Å². The van der Waals surface area contributed by atoms with Gasteiger partial charge in [0.15, 0.2) is 0 Å². The van der Waals surface area contributed by atoms with E-state index >= 15 is 0 Å². The number of hydrogen-bond acceptors (Lipinski definition) is 2. The number of rotatable bonds is 1. The normalized spacial score (nSPS) is 8.89. The lowest BCUT2D eigenvalue weighted by molar-refractivity contribution is 0.414. The topological polar surface area (TPSA) is 30.4 Å². The molecule has 0 aliphatic heterocycles. The molecule has 0 unspecified atom stereocenters. The fourth-order valence-electron chi connectivity index (χ4n) is 0.550. The summed E-state index contributed by atoms with van der Waals surface area (Å²) in [5, 5.41) is 3.62. The molecule has 0 aliphatic carbocycles. The van der Waals surface area contributed by atoms with Gasteiger partial charge in [0, 0.05) is 0 Å². The van der Waals surface area contributed by atoms with Gasteiger partial charge in [-0.2, -0.15) is 0 Å². The second-order valence-electron chi connectivity index (χ2n) is 1.74. The maximum absolute atomic E-state index is 6.53. The molecular weight excluding hydrogens is 116 g/mol. The summed E-state index contributed by atoms with van der Waals surface area (Å²) in [5.74, 6) is 0. The highest BCUT2D eigenvalue weighted by Crippen LogP contribution is 2.05. The van der Waals surface area contributed by atoms with Crippen LogP contribution in [-0.2, 0) is 6.54 Å². The van der Waals surface area contributed by atoms with Crippen LogP contribution in [0.25, 0.3) is 4.85 Å². The van der Waals surface area contributed by atoms with Crippen molar-refractivity contribution in [3.05, 3.63) is 28.9 Å². The Balaban J connectivity index is 2.84. The van der Waals surface area contributed by atoms with E-state index in [1.165, 1.54) is 6.26 Å². The van der Waals surface area contributed by atoms with Gasteiger partial charge in [-0.3, -0.25) is 0 Å². The van der Waals surface area contributed by atoms with E-state index < -0.39 is 0 Å². The molecule has 0 radical (unpaired) electrons. The molecule has 46 valence electrons. The molecule has 0 spiro atoms. The summed E-state index contributed by atoms with van der Waals surface area (Å²) in [6, 6.07) is 0. The first-order valence-electron chi connectivity index (χ1n) is 2.57. The third-order valence-electron chi connectivity index (χ3n) is 1.10. The Bertz CT molecular complexity index is 233. The van der Waals surface area contributed by atoms with Gasteiger partial charge in [0.05, 0.1) is 11.3 Å². The van der Waals surface area contributed by atoms with Gasteiger partial charge in [-0.05, 0) is 6.92 Å². The first kappa shape index (κ1) is 5.83. The van der Waals surface area contributed by atoms with Crippen molar-refractivity contribution in [2.24, 2.45) is 0 Å². The van der Waals surface area contributed by atoms with Crippen molar-refractivity contribution in [2.45, 2.75) is 13.5 Å². The average molecular weight is 122 g/mol. The molecule has 1 aromatic rings. The van der Waals surface area contributed by atoms with Crippen molar-refractivity contribution < 1.29 is 4.52 Å². The summed E-state index contributed by atoms with van der Waals surface area (Å²) in [6.45, 7) is 8.72. The van der Waals surface area contributed by atoms with Crippen molar-refractivity contribution in [2.75, 3.05) is 0 Å². The van der Waals surface area contributed by atoms with Crippen LogP contribution in [0.15, 0.2) is 10.8 Å². The Morgan fingerprint density at radius 2 is 2.67 bits per heavy atom. The van der Waals surface area contributed by atoms with Gasteiger partial charge in [0.2, 0.25) is 6.54 Å².